The van der Waals surface area contributed by atoms with Crippen molar-refractivity contribution in [3.8, 4) is 0 Å². The van der Waals surface area contributed by atoms with Gasteiger partial charge in [0.1, 0.15) is 0 Å². The van der Waals surface area contributed by atoms with Crippen LogP contribution in [0.1, 0.15) is 33.4 Å². The fourth-order valence-corrected chi connectivity index (χ4v) is 6.48. The Kier molecular flexibility index (Phi) is 7.57. The van der Waals surface area contributed by atoms with E-state index in [0.29, 0.717) is 17.7 Å². The first-order valence-electron chi connectivity index (χ1n) is 12.0. The van der Waals surface area contributed by atoms with E-state index in [-0.39, 0.29) is 23.9 Å². The van der Waals surface area contributed by atoms with Crippen molar-refractivity contribution in [1.82, 2.24) is 9.62 Å². The summed E-state index contributed by atoms with van der Waals surface area (Å²) in [5, 5.41) is 5.09. The van der Waals surface area contributed by atoms with Crippen molar-refractivity contribution in [3.63, 3.8) is 0 Å². The highest BCUT2D eigenvalue weighted by Crippen LogP contribution is 2.26. The minimum atomic E-state index is -3.93. The average molecular weight is 501 g/mol. The Morgan fingerprint density at radius 1 is 0.806 bits per heavy atom. The van der Waals surface area contributed by atoms with Gasteiger partial charge in [-0.05, 0) is 60.7 Å². The van der Waals surface area contributed by atoms with Crippen LogP contribution in [0.4, 0.5) is 0 Å². The molecule has 36 heavy (non-hydrogen) atoms. The average Bonchev–Trinajstić information content (AvgIpc) is 2.82. The van der Waals surface area contributed by atoms with Gasteiger partial charge in [-0.15, -0.1) is 0 Å². The van der Waals surface area contributed by atoms with Crippen molar-refractivity contribution >= 4 is 26.7 Å². The van der Waals surface area contributed by atoms with Gasteiger partial charge < -0.3 is 5.32 Å². The van der Waals surface area contributed by atoms with Crippen LogP contribution in [-0.2, 0) is 27.9 Å². The smallest absolute Gasteiger partial charge is 0.244 e. The molecule has 0 radical (unpaired) electrons. The van der Waals surface area contributed by atoms with Crippen molar-refractivity contribution in [2.45, 2.75) is 45.7 Å². The molecular formula is C30H32N2O3S. The Labute approximate surface area is 213 Å². The number of rotatable bonds is 8. The highest BCUT2D eigenvalue weighted by molar-refractivity contribution is 7.89. The highest BCUT2D eigenvalue weighted by atomic mass is 32.2. The fraction of sp³-hybridized carbons (Fsp3) is 0.233. The van der Waals surface area contributed by atoms with E-state index in [4.69, 9.17) is 0 Å². The van der Waals surface area contributed by atoms with Gasteiger partial charge in [0.2, 0.25) is 15.9 Å². The van der Waals surface area contributed by atoms with Crippen molar-refractivity contribution in [2.24, 2.45) is 0 Å². The Bertz CT molecular complexity index is 1480. The van der Waals surface area contributed by atoms with Crippen LogP contribution < -0.4 is 5.32 Å². The molecule has 0 heterocycles. The van der Waals surface area contributed by atoms with Gasteiger partial charge in [0, 0.05) is 13.1 Å². The van der Waals surface area contributed by atoms with Crippen molar-refractivity contribution in [3.05, 3.63) is 112 Å². The molecule has 0 bridgehead atoms. The number of carbonyl (C=O) groups excluding carboxylic acids is 1. The third-order valence-electron chi connectivity index (χ3n) is 6.36. The highest BCUT2D eigenvalue weighted by Gasteiger charge is 2.30. The lowest BCUT2D eigenvalue weighted by Crippen LogP contribution is -2.40. The van der Waals surface area contributed by atoms with Crippen LogP contribution in [0.3, 0.4) is 0 Å². The Morgan fingerprint density at radius 2 is 1.44 bits per heavy atom. The molecule has 0 aliphatic heterocycles. The molecule has 4 aromatic rings. The summed E-state index contributed by atoms with van der Waals surface area (Å²) in [6.45, 7) is 7.69. The SMILES string of the molecule is Cc1ccc(CN(CC(=O)NCc2cccc3ccccc23)S(=O)(=O)c2c(C)cc(C)cc2C)cc1. The van der Waals surface area contributed by atoms with E-state index in [9.17, 15) is 13.2 Å². The van der Waals surface area contributed by atoms with Gasteiger partial charge in [-0.1, -0.05) is 90.0 Å². The quantitative estimate of drug-likeness (QED) is 0.343. The van der Waals surface area contributed by atoms with E-state index in [1.807, 2.05) is 92.7 Å². The molecule has 1 N–H and O–H groups in total. The second-order valence-electron chi connectivity index (χ2n) is 9.40. The van der Waals surface area contributed by atoms with E-state index in [1.165, 1.54) is 4.31 Å². The fourth-order valence-electron chi connectivity index (χ4n) is 4.68. The zero-order valence-electron chi connectivity index (χ0n) is 21.2. The molecule has 0 aliphatic rings. The molecule has 4 aromatic carbocycles. The first-order valence-corrected chi connectivity index (χ1v) is 13.5. The third kappa shape index (κ3) is 5.66. The predicted molar refractivity (Wildman–Crippen MR) is 145 cm³/mol. The van der Waals surface area contributed by atoms with Crippen molar-refractivity contribution in [2.75, 3.05) is 6.54 Å². The van der Waals surface area contributed by atoms with Crippen LogP contribution in [0.5, 0.6) is 0 Å². The Balaban J connectivity index is 1.61. The first-order chi connectivity index (χ1) is 17.1. The topological polar surface area (TPSA) is 66.5 Å². The number of aryl methyl sites for hydroxylation is 4. The molecule has 0 saturated carbocycles. The van der Waals surface area contributed by atoms with Crippen LogP contribution in [-0.4, -0.2) is 25.2 Å². The predicted octanol–water partition coefficient (Wildman–Crippen LogP) is 5.58. The summed E-state index contributed by atoms with van der Waals surface area (Å²) >= 11 is 0. The monoisotopic (exact) mass is 500 g/mol. The van der Waals surface area contributed by atoms with E-state index < -0.39 is 10.0 Å². The van der Waals surface area contributed by atoms with Gasteiger partial charge in [-0.25, -0.2) is 8.42 Å². The van der Waals surface area contributed by atoms with E-state index in [0.717, 1.165) is 33.0 Å². The lowest BCUT2D eigenvalue weighted by atomic mass is 10.0. The van der Waals surface area contributed by atoms with Crippen molar-refractivity contribution in [1.29, 1.82) is 0 Å². The molecule has 1 amide bonds. The molecule has 0 aromatic heterocycles. The minimum Gasteiger partial charge on any atom is -0.351 e. The Hall–Kier alpha value is -3.48. The van der Waals surface area contributed by atoms with Gasteiger partial charge in [0.05, 0.1) is 11.4 Å². The van der Waals surface area contributed by atoms with Gasteiger partial charge in [0.25, 0.3) is 0 Å². The number of hydrogen-bond donors (Lipinski definition) is 1. The number of fused-ring (bicyclic) bond motifs is 1. The molecule has 4 rings (SSSR count). The van der Waals surface area contributed by atoms with Gasteiger partial charge in [-0.3, -0.25) is 4.79 Å². The van der Waals surface area contributed by atoms with E-state index in [2.05, 4.69) is 5.32 Å². The summed E-state index contributed by atoms with van der Waals surface area (Å²) in [4.78, 5) is 13.4. The molecule has 5 nitrogen and oxygen atoms in total. The number of nitrogens with one attached hydrogen (secondary N) is 1. The molecule has 0 saturated heterocycles. The normalized spacial score (nSPS) is 11.7. The maximum Gasteiger partial charge on any atom is 0.244 e. The standard InChI is InChI=1S/C30H32N2O3S/c1-21-12-14-25(15-13-21)19-32(36(34,35)30-23(3)16-22(2)17-24(30)4)20-29(33)31-18-27-10-7-9-26-8-5-6-11-28(26)27/h5-17H,18-20H2,1-4H3,(H,31,33). The lowest BCUT2D eigenvalue weighted by molar-refractivity contribution is -0.121. The zero-order valence-corrected chi connectivity index (χ0v) is 22.0. The summed E-state index contributed by atoms with van der Waals surface area (Å²) < 4.78 is 29.1. The third-order valence-corrected chi connectivity index (χ3v) is 8.46. The largest absolute Gasteiger partial charge is 0.351 e. The van der Waals surface area contributed by atoms with Crippen molar-refractivity contribution < 1.29 is 13.2 Å². The maximum atomic E-state index is 13.9. The number of benzene rings is 4. The zero-order chi connectivity index (χ0) is 25.9. The molecule has 0 atom stereocenters. The van der Waals surface area contributed by atoms with Gasteiger partial charge in [-0.2, -0.15) is 4.31 Å². The number of amides is 1. The molecule has 6 heteroatoms. The summed E-state index contributed by atoms with van der Waals surface area (Å²) in [6.07, 6.45) is 0. The van der Waals surface area contributed by atoms with Crippen LogP contribution in [0.15, 0.2) is 83.8 Å². The number of sulfonamides is 1. The van der Waals surface area contributed by atoms with Crippen LogP contribution in [0.2, 0.25) is 0 Å². The second kappa shape index (κ2) is 10.6. The van der Waals surface area contributed by atoms with Crippen LogP contribution >= 0.6 is 0 Å². The number of hydrogen-bond acceptors (Lipinski definition) is 3. The lowest BCUT2D eigenvalue weighted by Gasteiger charge is -2.24. The van der Waals surface area contributed by atoms with E-state index >= 15 is 0 Å². The number of nitrogens with zero attached hydrogens (tertiary/aromatic N) is 1. The van der Waals surface area contributed by atoms with Gasteiger partial charge in [0.15, 0.2) is 0 Å². The van der Waals surface area contributed by atoms with Crippen LogP contribution in [0.25, 0.3) is 10.8 Å². The van der Waals surface area contributed by atoms with Crippen LogP contribution in [0, 0.1) is 27.7 Å². The molecule has 0 fully saturated rings. The van der Waals surface area contributed by atoms with Gasteiger partial charge >= 0.3 is 0 Å². The summed E-state index contributed by atoms with van der Waals surface area (Å²) in [5.74, 6) is -0.346. The molecule has 186 valence electrons. The summed E-state index contributed by atoms with van der Waals surface area (Å²) in [5.41, 5.74) is 5.26. The molecule has 0 aliphatic carbocycles. The minimum absolute atomic E-state index is 0.108. The molecule has 0 unspecified atom stereocenters. The first kappa shape index (κ1) is 25.6. The maximum absolute atomic E-state index is 13.9. The summed E-state index contributed by atoms with van der Waals surface area (Å²) in [6, 6.07) is 25.4. The molecular weight excluding hydrogens is 468 g/mol. The number of carbonyl (C=O) groups is 1. The second-order valence-corrected chi connectivity index (χ2v) is 11.3. The molecule has 0 spiro atoms. The van der Waals surface area contributed by atoms with E-state index in [1.54, 1.807) is 13.8 Å². The summed E-state index contributed by atoms with van der Waals surface area (Å²) in [7, 11) is -3.93. The Morgan fingerprint density at radius 3 is 2.14 bits per heavy atom.